The van der Waals surface area contributed by atoms with Crippen molar-refractivity contribution in [1.29, 1.82) is 0 Å². The second kappa shape index (κ2) is 7.46. The van der Waals surface area contributed by atoms with E-state index in [0.717, 1.165) is 19.4 Å². The van der Waals surface area contributed by atoms with Gasteiger partial charge in [0.05, 0.1) is 5.92 Å². The Morgan fingerprint density at radius 1 is 1.04 bits per heavy atom. The molecular weight excluding hydrogens is 331 g/mol. The monoisotopic (exact) mass is 354 g/mol. The minimum atomic E-state index is -0.269. The van der Waals surface area contributed by atoms with Crippen LogP contribution >= 0.6 is 0 Å². The fraction of sp³-hybridized carbons (Fsp3) is 0.381. The topological polar surface area (TPSA) is 50.4 Å². The third-order valence-corrected chi connectivity index (χ3v) is 5.34. The van der Waals surface area contributed by atoms with Crippen molar-refractivity contribution in [3.63, 3.8) is 0 Å². The highest BCUT2D eigenvalue weighted by Crippen LogP contribution is 2.30. The Morgan fingerprint density at radius 2 is 1.77 bits per heavy atom. The van der Waals surface area contributed by atoms with Gasteiger partial charge in [0.25, 0.3) is 0 Å². The average Bonchev–Trinajstić information content (AvgIpc) is 3.12. The van der Waals surface area contributed by atoms with E-state index >= 15 is 0 Å². The highest BCUT2D eigenvalue weighted by Gasteiger charge is 2.38. The van der Waals surface area contributed by atoms with Crippen LogP contribution in [0.2, 0.25) is 0 Å². The number of benzene rings is 2. The molecule has 26 heavy (non-hydrogen) atoms. The van der Waals surface area contributed by atoms with Crippen molar-refractivity contribution in [2.75, 3.05) is 13.1 Å². The van der Waals surface area contributed by atoms with Crippen LogP contribution in [0, 0.1) is 11.7 Å². The first kappa shape index (κ1) is 17.0. The molecule has 1 saturated carbocycles. The number of nitrogens with one attached hydrogen (secondary N) is 2. The molecule has 136 valence electrons. The van der Waals surface area contributed by atoms with Crippen LogP contribution in [0.3, 0.4) is 0 Å². The summed E-state index contributed by atoms with van der Waals surface area (Å²) in [7, 11) is 0. The van der Waals surface area contributed by atoms with Gasteiger partial charge in [0.1, 0.15) is 17.7 Å². The molecule has 5 heteroatoms. The van der Waals surface area contributed by atoms with Crippen LogP contribution in [0.25, 0.3) is 0 Å². The molecule has 2 atom stereocenters. The normalized spacial score (nSPS) is 27.6. The number of carbonyl (C=O) groups excluding carboxylic acids is 1. The molecule has 2 fully saturated rings. The lowest BCUT2D eigenvalue weighted by Crippen LogP contribution is -2.51. The zero-order valence-electron chi connectivity index (χ0n) is 14.5. The predicted octanol–water partition coefficient (Wildman–Crippen LogP) is 2.85. The van der Waals surface area contributed by atoms with Gasteiger partial charge in [-0.3, -0.25) is 4.79 Å². The molecule has 0 radical (unpaired) electrons. The summed E-state index contributed by atoms with van der Waals surface area (Å²) in [5.74, 6) is 0.714. The first-order valence-electron chi connectivity index (χ1n) is 9.17. The van der Waals surface area contributed by atoms with E-state index in [1.165, 1.54) is 17.7 Å². The lowest BCUT2D eigenvalue weighted by molar-refractivity contribution is -0.126. The standard InChI is InChI=1S/C21H23FN2O2/c22-15-6-8-17(9-7-15)26-18-10-16(11-18)24-21(25)20-13-23-12-19(20)14-4-2-1-3-5-14/h1-9,16,18-20,23H,10-13H2,(H,24,25)/t16-,18-,19-,20+/m0/s1. The average molecular weight is 354 g/mol. The summed E-state index contributed by atoms with van der Waals surface area (Å²) in [6.45, 7) is 1.55. The smallest absolute Gasteiger partial charge is 0.225 e. The molecule has 1 aliphatic carbocycles. The van der Waals surface area contributed by atoms with Crippen molar-refractivity contribution in [1.82, 2.24) is 10.6 Å². The molecule has 2 N–H and O–H groups in total. The summed E-state index contributed by atoms with van der Waals surface area (Å²) >= 11 is 0. The van der Waals surface area contributed by atoms with Gasteiger partial charge in [0.15, 0.2) is 0 Å². The molecule has 2 aliphatic rings. The maximum atomic E-state index is 12.9. The van der Waals surface area contributed by atoms with E-state index in [4.69, 9.17) is 4.74 Å². The van der Waals surface area contributed by atoms with Gasteiger partial charge in [0, 0.05) is 37.9 Å². The predicted molar refractivity (Wildman–Crippen MR) is 97.5 cm³/mol. The summed E-state index contributed by atoms with van der Waals surface area (Å²) < 4.78 is 18.7. The maximum absolute atomic E-state index is 12.9. The van der Waals surface area contributed by atoms with Crippen LogP contribution in [-0.4, -0.2) is 31.1 Å². The number of ether oxygens (including phenoxy) is 1. The van der Waals surface area contributed by atoms with E-state index in [1.54, 1.807) is 12.1 Å². The van der Waals surface area contributed by atoms with Crippen molar-refractivity contribution in [2.24, 2.45) is 5.92 Å². The number of amides is 1. The van der Waals surface area contributed by atoms with E-state index in [9.17, 15) is 9.18 Å². The number of rotatable bonds is 5. The maximum Gasteiger partial charge on any atom is 0.225 e. The Bertz CT molecular complexity index is 744. The van der Waals surface area contributed by atoms with Crippen LogP contribution in [0.5, 0.6) is 5.75 Å². The summed E-state index contributed by atoms with van der Waals surface area (Å²) in [5, 5.41) is 6.50. The molecule has 0 spiro atoms. The Morgan fingerprint density at radius 3 is 2.50 bits per heavy atom. The Labute approximate surface area is 152 Å². The molecule has 0 unspecified atom stereocenters. The van der Waals surface area contributed by atoms with Gasteiger partial charge in [-0.15, -0.1) is 0 Å². The highest BCUT2D eigenvalue weighted by molar-refractivity contribution is 5.81. The quantitative estimate of drug-likeness (QED) is 0.868. The minimum Gasteiger partial charge on any atom is -0.490 e. The zero-order valence-corrected chi connectivity index (χ0v) is 14.5. The Kier molecular flexibility index (Phi) is 4.89. The molecule has 0 bridgehead atoms. The zero-order chi connectivity index (χ0) is 17.9. The number of halogens is 1. The molecule has 0 aromatic heterocycles. The minimum absolute atomic E-state index is 0.0329. The van der Waals surface area contributed by atoms with E-state index in [-0.39, 0.29) is 35.7 Å². The van der Waals surface area contributed by atoms with Gasteiger partial charge >= 0.3 is 0 Å². The lowest BCUT2D eigenvalue weighted by atomic mass is 9.85. The van der Waals surface area contributed by atoms with Crippen LogP contribution in [0.4, 0.5) is 4.39 Å². The summed E-state index contributed by atoms with van der Waals surface area (Å²) in [6, 6.07) is 16.4. The van der Waals surface area contributed by atoms with Crippen LogP contribution < -0.4 is 15.4 Å². The number of carbonyl (C=O) groups is 1. The summed E-state index contributed by atoms with van der Waals surface area (Å²) in [6.07, 6.45) is 1.66. The van der Waals surface area contributed by atoms with Gasteiger partial charge in [0.2, 0.25) is 5.91 Å². The molecule has 4 rings (SSSR count). The van der Waals surface area contributed by atoms with Crippen LogP contribution in [0.15, 0.2) is 54.6 Å². The van der Waals surface area contributed by atoms with Crippen molar-refractivity contribution < 1.29 is 13.9 Å². The molecule has 1 heterocycles. The van der Waals surface area contributed by atoms with Gasteiger partial charge < -0.3 is 15.4 Å². The Balaban J connectivity index is 1.27. The van der Waals surface area contributed by atoms with Crippen molar-refractivity contribution in [3.8, 4) is 5.75 Å². The number of hydrogen-bond donors (Lipinski definition) is 2. The molecule has 2 aromatic rings. The fourth-order valence-electron chi connectivity index (χ4n) is 3.80. The van der Waals surface area contributed by atoms with Crippen LogP contribution in [-0.2, 0) is 4.79 Å². The second-order valence-electron chi connectivity index (χ2n) is 7.15. The summed E-state index contributed by atoms with van der Waals surface area (Å²) in [4.78, 5) is 12.7. The van der Waals surface area contributed by atoms with Gasteiger partial charge in [-0.2, -0.15) is 0 Å². The van der Waals surface area contributed by atoms with E-state index in [0.29, 0.717) is 12.3 Å². The molecule has 1 amide bonds. The van der Waals surface area contributed by atoms with E-state index < -0.39 is 0 Å². The molecular formula is C21H23FN2O2. The first-order chi connectivity index (χ1) is 12.7. The second-order valence-corrected chi connectivity index (χ2v) is 7.15. The largest absolute Gasteiger partial charge is 0.490 e. The van der Waals surface area contributed by atoms with Gasteiger partial charge in [-0.25, -0.2) is 4.39 Å². The van der Waals surface area contributed by atoms with Crippen molar-refractivity contribution in [3.05, 3.63) is 66.0 Å². The molecule has 1 saturated heterocycles. The molecule has 4 nitrogen and oxygen atoms in total. The van der Waals surface area contributed by atoms with E-state index in [2.05, 4.69) is 22.8 Å². The van der Waals surface area contributed by atoms with Crippen LogP contribution in [0.1, 0.15) is 24.3 Å². The lowest BCUT2D eigenvalue weighted by Gasteiger charge is -2.36. The van der Waals surface area contributed by atoms with Crippen molar-refractivity contribution >= 4 is 5.91 Å². The highest BCUT2D eigenvalue weighted by atomic mass is 19.1. The molecule has 1 aliphatic heterocycles. The number of hydrogen-bond acceptors (Lipinski definition) is 3. The Hall–Kier alpha value is -2.40. The van der Waals surface area contributed by atoms with Crippen molar-refractivity contribution in [2.45, 2.75) is 30.9 Å². The van der Waals surface area contributed by atoms with E-state index in [1.807, 2.05) is 18.2 Å². The van der Waals surface area contributed by atoms with Gasteiger partial charge in [-0.1, -0.05) is 30.3 Å². The fourth-order valence-corrected chi connectivity index (χ4v) is 3.80. The molecule has 2 aromatic carbocycles. The third-order valence-electron chi connectivity index (χ3n) is 5.34. The summed E-state index contributed by atoms with van der Waals surface area (Å²) in [5.41, 5.74) is 1.21. The SMILES string of the molecule is O=C(N[C@H]1C[C@H](Oc2ccc(F)cc2)C1)[C@@H]1CNC[C@H]1c1ccccc1. The first-order valence-corrected chi connectivity index (χ1v) is 9.17. The van der Waals surface area contributed by atoms with Gasteiger partial charge in [-0.05, 0) is 29.8 Å². The third kappa shape index (κ3) is 3.73.